The molecule has 0 aromatic heterocycles. The molecule has 294 valence electrons. The Bertz CT molecular complexity index is 2680. The first-order valence-electron chi connectivity index (χ1n) is 20.4. The number of anilines is 12. The van der Waals surface area contributed by atoms with Gasteiger partial charge in [0.25, 0.3) is 0 Å². The first kappa shape index (κ1) is 38.7. The van der Waals surface area contributed by atoms with Crippen molar-refractivity contribution in [2.75, 3.05) is 19.6 Å². The van der Waals surface area contributed by atoms with Crippen molar-refractivity contribution < 1.29 is 0 Å². The van der Waals surface area contributed by atoms with E-state index in [-0.39, 0.29) is 0 Å². The van der Waals surface area contributed by atoms with E-state index in [0.717, 1.165) is 45.5 Å². The van der Waals surface area contributed by atoms with Crippen molar-refractivity contribution in [3.8, 4) is 6.07 Å². The molecule has 0 aliphatic heterocycles. The van der Waals surface area contributed by atoms with Crippen LogP contribution in [0, 0.1) is 17.9 Å². The lowest BCUT2D eigenvalue weighted by Gasteiger charge is -2.41. The van der Waals surface area contributed by atoms with Crippen LogP contribution in [0.1, 0.15) is 5.56 Å². The maximum absolute atomic E-state index is 12.1. The topological polar surface area (TPSA) is 41.1 Å². The molecular formula is C56H40N6. The summed E-state index contributed by atoms with van der Waals surface area (Å²) in [5, 5.41) is 12.1. The van der Waals surface area contributed by atoms with E-state index in [2.05, 4.69) is 103 Å². The molecule has 0 aliphatic rings. The van der Waals surface area contributed by atoms with E-state index in [9.17, 15) is 11.8 Å². The third-order valence-electron chi connectivity index (χ3n) is 10.6. The second kappa shape index (κ2) is 18.0. The summed E-state index contributed by atoms with van der Waals surface area (Å²) in [6.45, 7) is 9.42. The summed E-state index contributed by atoms with van der Waals surface area (Å²) in [4.78, 5) is 13.1. The average molecular weight is 797 g/mol. The van der Waals surface area contributed by atoms with Gasteiger partial charge in [-0.25, -0.2) is 4.85 Å². The van der Waals surface area contributed by atoms with Crippen molar-refractivity contribution in [3.63, 3.8) is 0 Å². The molecule has 9 aromatic rings. The van der Waals surface area contributed by atoms with E-state index in [4.69, 9.17) is 0 Å². The van der Waals surface area contributed by atoms with Gasteiger partial charge in [0.1, 0.15) is 6.07 Å². The van der Waals surface area contributed by atoms with E-state index in [1.807, 2.05) is 170 Å². The van der Waals surface area contributed by atoms with Gasteiger partial charge in [-0.3, -0.25) is 0 Å². The molecule has 0 radical (unpaired) electrons. The molecule has 0 N–H and O–H groups in total. The normalized spacial score (nSPS) is 10.5. The Labute approximate surface area is 363 Å². The number of rotatable bonds is 12. The molecule has 0 heterocycles. The first-order valence-corrected chi connectivity index (χ1v) is 20.4. The van der Waals surface area contributed by atoms with Crippen LogP contribution >= 0.6 is 0 Å². The number of nitrogens with zero attached hydrogens (tertiary/aromatic N) is 6. The zero-order valence-electron chi connectivity index (χ0n) is 33.8. The Morgan fingerprint density at radius 3 is 0.726 bits per heavy atom. The number of para-hydroxylation sites is 8. The molecule has 9 aromatic carbocycles. The molecule has 0 saturated heterocycles. The highest BCUT2D eigenvalue weighted by Gasteiger charge is 2.38. The third kappa shape index (κ3) is 7.48. The lowest BCUT2D eigenvalue weighted by molar-refractivity contribution is 1.18. The number of hydrogen-bond acceptors (Lipinski definition) is 5. The van der Waals surface area contributed by atoms with Gasteiger partial charge in [0.05, 0.1) is 34.9 Å². The van der Waals surface area contributed by atoms with Gasteiger partial charge in [-0.15, -0.1) is 0 Å². The van der Waals surface area contributed by atoms with Crippen LogP contribution in [0.25, 0.3) is 4.85 Å². The lowest BCUT2D eigenvalue weighted by Crippen LogP contribution is -2.24. The summed E-state index contributed by atoms with van der Waals surface area (Å²) in [6, 6.07) is 83.7. The molecule has 0 saturated carbocycles. The van der Waals surface area contributed by atoms with Crippen LogP contribution in [0.5, 0.6) is 0 Å². The summed E-state index contributed by atoms with van der Waals surface area (Å²) >= 11 is 0. The molecule has 0 bridgehead atoms. The highest BCUT2D eigenvalue weighted by Crippen LogP contribution is 2.62. The molecule has 6 heteroatoms. The van der Waals surface area contributed by atoms with Crippen LogP contribution in [0.4, 0.5) is 73.9 Å². The summed E-state index contributed by atoms with van der Waals surface area (Å²) in [7, 11) is 0. The van der Waals surface area contributed by atoms with Crippen molar-refractivity contribution in [1.82, 2.24) is 0 Å². The van der Waals surface area contributed by atoms with Gasteiger partial charge in [0.15, 0.2) is 0 Å². The largest absolute Gasteiger partial charge is 0.319 e. The average Bonchev–Trinajstić information content (AvgIpc) is 3.35. The lowest BCUT2D eigenvalue weighted by atomic mass is 9.97. The van der Waals surface area contributed by atoms with Gasteiger partial charge >= 0.3 is 0 Å². The standard InChI is InChI=1S/C56H40N6/c1-58-52-53(59(43-26-10-2-11-27-43)44-28-12-3-13-29-44)51(42-57)54(60(45-30-14-4-15-31-45)46-32-16-5-17-33-46)56(62(49-38-22-8-23-39-49)50-40-24-9-25-41-50)55(52)61(47-34-18-6-19-35-47)48-36-20-7-21-37-48/h2-41H. The van der Waals surface area contributed by atoms with Crippen LogP contribution in [0.15, 0.2) is 243 Å². The zero-order chi connectivity index (χ0) is 42.1. The fourth-order valence-corrected chi connectivity index (χ4v) is 8.00. The molecule has 0 unspecified atom stereocenters. The van der Waals surface area contributed by atoms with Crippen molar-refractivity contribution in [1.29, 1.82) is 5.26 Å². The summed E-state index contributed by atoms with van der Waals surface area (Å²) in [6.07, 6.45) is 0. The molecule has 0 amide bonds. The molecule has 9 rings (SSSR count). The summed E-state index contributed by atoms with van der Waals surface area (Å²) in [5.74, 6) is 0. The summed E-state index contributed by atoms with van der Waals surface area (Å²) < 4.78 is 0. The Kier molecular flexibility index (Phi) is 11.2. The zero-order valence-corrected chi connectivity index (χ0v) is 33.8. The van der Waals surface area contributed by atoms with E-state index in [1.165, 1.54) is 0 Å². The first-order chi connectivity index (χ1) is 30.8. The third-order valence-corrected chi connectivity index (χ3v) is 10.6. The molecule has 62 heavy (non-hydrogen) atoms. The van der Waals surface area contributed by atoms with Gasteiger partial charge < -0.3 is 19.6 Å². The van der Waals surface area contributed by atoms with Crippen LogP contribution < -0.4 is 19.6 Å². The maximum atomic E-state index is 12.1. The van der Waals surface area contributed by atoms with Crippen molar-refractivity contribution in [2.45, 2.75) is 0 Å². The minimum atomic E-state index is 0.290. The van der Waals surface area contributed by atoms with Crippen LogP contribution in [-0.4, -0.2) is 0 Å². The second-order valence-electron chi connectivity index (χ2n) is 14.4. The smallest absolute Gasteiger partial charge is 0.237 e. The minimum absolute atomic E-state index is 0.290. The molecule has 0 aliphatic carbocycles. The van der Waals surface area contributed by atoms with Gasteiger partial charge in [-0.1, -0.05) is 146 Å². The maximum Gasteiger partial charge on any atom is 0.237 e. The Morgan fingerprint density at radius 1 is 0.290 bits per heavy atom. The molecule has 0 fully saturated rings. The number of benzene rings is 9. The Hall–Kier alpha value is -8.84. The van der Waals surface area contributed by atoms with Crippen LogP contribution in [0.3, 0.4) is 0 Å². The van der Waals surface area contributed by atoms with E-state index < -0.39 is 0 Å². The Morgan fingerprint density at radius 2 is 0.500 bits per heavy atom. The predicted molar refractivity (Wildman–Crippen MR) is 256 cm³/mol. The molecular weight excluding hydrogens is 757 g/mol. The van der Waals surface area contributed by atoms with E-state index >= 15 is 0 Å². The highest BCUT2D eigenvalue weighted by molar-refractivity contribution is 6.13. The summed E-state index contributed by atoms with van der Waals surface area (Å²) in [5.41, 5.74) is 9.49. The fraction of sp³-hybridized carbons (Fsp3) is 0. The van der Waals surface area contributed by atoms with Crippen LogP contribution in [-0.2, 0) is 0 Å². The number of hydrogen-bond donors (Lipinski definition) is 0. The monoisotopic (exact) mass is 796 g/mol. The Balaban J connectivity index is 1.59. The molecule has 0 spiro atoms. The van der Waals surface area contributed by atoms with Crippen LogP contribution in [0.2, 0.25) is 0 Å². The van der Waals surface area contributed by atoms with Gasteiger partial charge in [0.2, 0.25) is 5.69 Å². The van der Waals surface area contributed by atoms with Gasteiger partial charge in [-0.2, -0.15) is 5.26 Å². The van der Waals surface area contributed by atoms with Gasteiger partial charge in [-0.05, 0) is 97.1 Å². The quantitative estimate of drug-likeness (QED) is 0.115. The molecule has 6 nitrogen and oxygen atoms in total. The SMILES string of the molecule is [C-]#[N+]c1c(N(c2ccccc2)c2ccccc2)c(C#N)c(N(c2ccccc2)c2ccccc2)c(N(c2ccccc2)c2ccccc2)c1N(c1ccccc1)c1ccccc1. The minimum Gasteiger partial charge on any atom is -0.319 e. The highest BCUT2D eigenvalue weighted by atomic mass is 15.3. The number of nitriles is 1. The van der Waals surface area contributed by atoms with Crippen molar-refractivity contribution in [2.24, 2.45) is 0 Å². The van der Waals surface area contributed by atoms with E-state index in [0.29, 0.717) is 34.0 Å². The van der Waals surface area contributed by atoms with E-state index in [1.54, 1.807) is 0 Å². The predicted octanol–water partition coefficient (Wildman–Crippen LogP) is 16.0. The van der Waals surface area contributed by atoms with Crippen molar-refractivity contribution in [3.05, 3.63) is 260 Å². The van der Waals surface area contributed by atoms with Crippen molar-refractivity contribution >= 4 is 73.9 Å². The molecule has 0 atom stereocenters. The second-order valence-corrected chi connectivity index (χ2v) is 14.4. The van der Waals surface area contributed by atoms with Gasteiger partial charge in [0, 0.05) is 45.5 Å². The fourth-order valence-electron chi connectivity index (χ4n) is 8.00.